The van der Waals surface area contributed by atoms with Crippen LogP contribution in [-0.4, -0.2) is 6.04 Å². The Morgan fingerprint density at radius 2 is 1.74 bits per heavy atom. The summed E-state index contributed by atoms with van der Waals surface area (Å²) in [7, 11) is 0. The number of fused-ring (bicyclic) bond motifs is 1. The first-order valence-corrected chi connectivity index (χ1v) is 7.98. The standard InChI is InChI=1S/C18H27N/c1-12-9-13(2)11-15(10-12)18(19)17-8-7-14-5-3-4-6-16(14)17/h3-6,12-13,15,17-18H,7-11,19H2,1-2H3. The molecule has 2 aliphatic rings. The predicted octanol–water partition coefficient (Wildman–Crippen LogP) is 4.12. The normalized spacial score (nSPS) is 35.9. The molecular formula is C18H27N. The predicted molar refractivity (Wildman–Crippen MR) is 81.1 cm³/mol. The lowest BCUT2D eigenvalue weighted by Crippen LogP contribution is -2.39. The van der Waals surface area contributed by atoms with Crippen LogP contribution in [0.2, 0.25) is 0 Å². The molecule has 0 aliphatic heterocycles. The van der Waals surface area contributed by atoms with Crippen molar-refractivity contribution in [3.63, 3.8) is 0 Å². The molecule has 4 atom stereocenters. The first-order chi connectivity index (χ1) is 9.15. The van der Waals surface area contributed by atoms with Crippen LogP contribution in [0.5, 0.6) is 0 Å². The van der Waals surface area contributed by atoms with Gasteiger partial charge in [0.05, 0.1) is 0 Å². The van der Waals surface area contributed by atoms with Crippen molar-refractivity contribution < 1.29 is 0 Å². The van der Waals surface area contributed by atoms with Crippen molar-refractivity contribution in [1.82, 2.24) is 0 Å². The molecule has 0 radical (unpaired) electrons. The van der Waals surface area contributed by atoms with E-state index in [2.05, 4.69) is 38.1 Å². The number of hydrogen-bond donors (Lipinski definition) is 1. The molecule has 0 bridgehead atoms. The number of hydrogen-bond acceptors (Lipinski definition) is 1. The van der Waals surface area contributed by atoms with Gasteiger partial charge in [-0.2, -0.15) is 0 Å². The molecule has 0 spiro atoms. The third-order valence-electron chi connectivity index (χ3n) is 5.40. The first-order valence-electron chi connectivity index (χ1n) is 7.98. The molecule has 19 heavy (non-hydrogen) atoms. The van der Waals surface area contributed by atoms with Gasteiger partial charge in [-0.3, -0.25) is 0 Å². The second-order valence-electron chi connectivity index (χ2n) is 7.10. The van der Waals surface area contributed by atoms with Crippen LogP contribution in [-0.2, 0) is 6.42 Å². The van der Waals surface area contributed by atoms with Gasteiger partial charge in [0.15, 0.2) is 0 Å². The molecule has 0 heterocycles. The van der Waals surface area contributed by atoms with Crippen LogP contribution in [0.1, 0.15) is 56.6 Å². The van der Waals surface area contributed by atoms with E-state index < -0.39 is 0 Å². The summed E-state index contributed by atoms with van der Waals surface area (Å²) in [4.78, 5) is 0. The topological polar surface area (TPSA) is 26.0 Å². The van der Waals surface area contributed by atoms with Crippen molar-refractivity contribution >= 4 is 0 Å². The average Bonchev–Trinajstić information content (AvgIpc) is 2.80. The fraction of sp³-hybridized carbons (Fsp3) is 0.667. The van der Waals surface area contributed by atoms with Gasteiger partial charge in [-0.05, 0) is 66.9 Å². The van der Waals surface area contributed by atoms with Gasteiger partial charge >= 0.3 is 0 Å². The molecule has 1 saturated carbocycles. The Morgan fingerprint density at radius 1 is 1.05 bits per heavy atom. The molecule has 3 rings (SSSR count). The van der Waals surface area contributed by atoms with Gasteiger partial charge in [0.1, 0.15) is 0 Å². The van der Waals surface area contributed by atoms with E-state index in [1.165, 1.54) is 32.1 Å². The third-order valence-corrected chi connectivity index (χ3v) is 5.40. The maximum atomic E-state index is 6.69. The summed E-state index contributed by atoms with van der Waals surface area (Å²) in [5.74, 6) is 3.06. The third kappa shape index (κ3) is 2.58. The van der Waals surface area contributed by atoms with Crippen LogP contribution in [0.15, 0.2) is 24.3 Å². The number of benzene rings is 1. The summed E-state index contributed by atoms with van der Waals surface area (Å²) in [6, 6.07) is 9.30. The zero-order valence-electron chi connectivity index (χ0n) is 12.3. The van der Waals surface area contributed by atoms with E-state index in [-0.39, 0.29) is 0 Å². The Bertz CT molecular complexity index is 429. The van der Waals surface area contributed by atoms with Crippen molar-refractivity contribution in [3.05, 3.63) is 35.4 Å². The average molecular weight is 257 g/mol. The summed E-state index contributed by atoms with van der Waals surface area (Å²) in [5.41, 5.74) is 9.78. The van der Waals surface area contributed by atoms with Crippen LogP contribution in [0, 0.1) is 17.8 Å². The minimum absolute atomic E-state index is 0.369. The molecule has 4 unspecified atom stereocenters. The van der Waals surface area contributed by atoms with E-state index in [1.807, 2.05) is 0 Å². The largest absolute Gasteiger partial charge is 0.327 e. The van der Waals surface area contributed by atoms with Crippen molar-refractivity contribution in [2.24, 2.45) is 23.5 Å². The quantitative estimate of drug-likeness (QED) is 0.847. The number of aryl methyl sites for hydroxylation is 1. The molecule has 1 fully saturated rings. The SMILES string of the molecule is CC1CC(C)CC(C(N)C2CCc3ccccc32)C1. The van der Waals surface area contributed by atoms with Gasteiger partial charge in [-0.1, -0.05) is 38.1 Å². The minimum Gasteiger partial charge on any atom is -0.327 e. The fourth-order valence-electron chi connectivity index (χ4n) is 4.64. The second-order valence-corrected chi connectivity index (χ2v) is 7.10. The highest BCUT2D eigenvalue weighted by Crippen LogP contribution is 2.42. The first kappa shape index (κ1) is 13.2. The van der Waals surface area contributed by atoms with E-state index in [4.69, 9.17) is 5.73 Å². The Balaban J connectivity index is 1.76. The molecule has 1 aromatic carbocycles. The van der Waals surface area contributed by atoms with Gasteiger partial charge in [0.2, 0.25) is 0 Å². The molecular weight excluding hydrogens is 230 g/mol. The van der Waals surface area contributed by atoms with Crippen molar-refractivity contribution in [1.29, 1.82) is 0 Å². The van der Waals surface area contributed by atoms with Gasteiger partial charge in [-0.15, -0.1) is 0 Å². The number of rotatable bonds is 2. The molecule has 2 aliphatic carbocycles. The van der Waals surface area contributed by atoms with Crippen LogP contribution in [0.4, 0.5) is 0 Å². The lowest BCUT2D eigenvalue weighted by Gasteiger charge is -2.37. The lowest BCUT2D eigenvalue weighted by atomic mass is 9.70. The molecule has 1 aromatic rings. The molecule has 1 heteroatoms. The van der Waals surface area contributed by atoms with E-state index in [0.717, 1.165) is 17.8 Å². The molecule has 104 valence electrons. The van der Waals surface area contributed by atoms with Gasteiger partial charge in [0, 0.05) is 6.04 Å². The van der Waals surface area contributed by atoms with Gasteiger partial charge in [0.25, 0.3) is 0 Å². The minimum atomic E-state index is 0.369. The smallest absolute Gasteiger partial charge is 0.0137 e. The van der Waals surface area contributed by atoms with Gasteiger partial charge in [-0.25, -0.2) is 0 Å². The lowest BCUT2D eigenvalue weighted by molar-refractivity contribution is 0.180. The summed E-state index contributed by atoms with van der Waals surface area (Å²) in [5, 5.41) is 0. The van der Waals surface area contributed by atoms with Crippen molar-refractivity contribution in [2.45, 2.75) is 57.9 Å². The molecule has 0 amide bonds. The van der Waals surface area contributed by atoms with Gasteiger partial charge < -0.3 is 5.73 Å². The van der Waals surface area contributed by atoms with Crippen LogP contribution in [0.25, 0.3) is 0 Å². The summed E-state index contributed by atoms with van der Waals surface area (Å²) >= 11 is 0. The molecule has 0 saturated heterocycles. The Morgan fingerprint density at radius 3 is 2.47 bits per heavy atom. The van der Waals surface area contributed by atoms with E-state index in [0.29, 0.717) is 12.0 Å². The monoisotopic (exact) mass is 257 g/mol. The highest BCUT2D eigenvalue weighted by Gasteiger charge is 2.35. The Hall–Kier alpha value is -0.820. The van der Waals surface area contributed by atoms with E-state index in [1.54, 1.807) is 11.1 Å². The zero-order chi connectivity index (χ0) is 13.4. The molecule has 1 nitrogen and oxygen atoms in total. The van der Waals surface area contributed by atoms with Crippen LogP contribution in [0.3, 0.4) is 0 Å². The highest BCUT2D eigenvalue weighted by atomic mass is 14.7. The number of nitrogens with two attached hydrogens (primary N) is 1. The maximum absolute atomic E-state index is 6.69. The Labute approximate surface area is 117 Å². The molecule has 0 aromatic heterocycles. The fourth-order valence-corrected chi connectivity index (χ4v) is 4.64. The van der Waals surface area contributed by atoms with E-state index in [9.17, 15) is 0 Å². The summed E-state index contributed by atoms with van der Waals surface area (Å²) < 4.78 is 0. The van der Waals surface area contributed by atoms with Crippen LogP contribution < -0.4 is 5.73 Å². The Kier molecular flexibility index (Phi) is 3.66. The van der Waals surface area contributed by atoms with Crippen molar-refractivity contribution in [3.8, 4) is 0 Å². The van der Waals surface area contributed by atoms with Crippen LogP contribution >= 0.6 is 0 Å². The zero-order valence-corrected chi connectivity index (χ0v) is 12.3. The maximum Gasteiger partial charge on any atom is 0.0137 e. The summed E-state index contributed by atoms with van der Waals surface area (Å²) in [6.45, 7) is 4.80. The molecule has 2 N–H and O–H groups in total. The van der Waals surface area contributed by atoms with E-state index >= 15 is 0 Å². The second kappa shape index (κ2) is 5.28. The van der Waals surface area contributed by atoms with Crippen molar-refractivity contribution in [2.75, 3.05) is 0 Å². The highest BCUT2D eigenvalue weighted by molar-refractivity contribution is 5.36. The summed E-state index contributed by atoms with van der Waals surface area (Å²) in [6.07, 6.45) is 6.56.